The summed E-state index contributed by atoms with van der Waals surface area (Å²) in [5.41, 5.74) is -0.0259. The second kappa shape index (κ2) is 5.24. The Bertz CT molecular complexity index is 462. The SMILES string of the molecule is Cc1cc(NCCC(=O)O)c([N+](=O)[O-])cc1F. The molecule has 0 saturated heterocycles. The van der Waals surface area contributed by atoms with Crippen molar-refractivity contribution in [3.05, 3.63) is 33.6 Å². The molecule has 1 aromatic rings. The predicted octanol–water partition coefficient (Wildman–Crippen LogP) is 1.93. The molecule has 0 spiro atoms. The Hall–Kier alpha value is -2.18. The maximum atomic E-state index is 13.1. The van der Waals surface area contributed by atoms with E-state index in [1.807, 2.05) is 0 Å². The van der Waals surface area contributed by atoms with Crippen LogP contribution < -0.4 is 5.32 Å². The number of aliphatic carboxylic acids is 1. The van der Waals surface area contributed by atoms with Crippen molar-refractivity contribution in [3.8, 4) is 0 Å². The number of benzene rings is 1. The molecular weight excluding hydrogens is 231 g/mol. The largest absolute Gasteiger partial charge is 0.481 e. The molecule has 0 unspecified atom stereocenters. The molecule has 0 amide bonds. The third-order valence-corrected chi connectivity index (χ3v) is 2.13. The zero-order valence-electron chi connectivity index (χ0n) is 9.07. The van der Waals surface area contributed by atoms with E-state index in [4.69, 9.17) is 5.11 Å². The number of rotatable bonds is 5. The molecule has 92 valence electrons. The summed E-state index contributed by atoms with van der Waals surface area (Å²) in [5.74, 6) is -1.68. The molecule has 1 rings (SSSR count). The van der Waals surface area contributed by atoms with Gasteiger partial charge in [-0.2, -0.15) is 0 Å². The number of halogens is 1. The van der Waals surface area contributed by atoms with Crippen LogP contribution in [0.4, 0.5) is 15.8 Å². The smallest absolute Gasteiger partial charge is 0.305 e. The Morgan fingerprint density at radius 1 is 1.59 bits per heavy atom. The minimum atomic E-state index is -1.01. The molecule has 0 heterocycles. The highest BCUT2D eigenvalue weighted by Crippen LogP contribution is 2.27. The number of hydrogen-bond donors (Lipinski definition) is 2. The van der Waals surface area contributed by atoms with Crippen LogP contribution in [0.2, 0.25) is 0 Å². The number of anilines is 1. The lowest BCUT2D eigenvalue weighted by atomic mass is 10.1. The summed E-state index contributed by atoms with van der Waals surface area (Å²) in [6, 6.07) is 2.10. The highest BCUT2D eigenvalue weighted by molar-refractivity contribution is 5.68. The molecule has 2 N–H and O–H groups in total. The molecule has 0 aliphatic carbocycles. The van der Waals surface area contributed by atoms with Crippen LogP contribution in [0.25, 0.3) is 0 Å². The van der Waals surface area contributed by atoms with Crippen molar-refractivity contribution in [2.75, 3.05) is 11.9 Å². The zero-order valence-corrected chi connectivity index (χ0v) is 9.07. The fourth-order valence-electron chi connectivity index (χ4n) is 1.27. The van der Waals surface area contributed by atoms with Gasteiger partial charge in [0.05, 0.1) is 17.4 Å². The van der Waals surface area contributed by atoms with E-state index in [0.717, 1.165) is 6.07 Å². The van der Waals surface area contributed by atoms with Gasteiger partial charge >= 0.3 is 5.97 Å². The lowest BCUT2D eigenvalue weighted by Gasteiger charge is -2.07. The van der Waals surface area contributed by atoms with E-state index < -0.39 is 22.4 Å². The standard InChI is InChI=1S/C10H11FN2O4/c1-6-4-8(12-3-2-10(14)15)9(13(16)17)5-7(6)11/h4-5,12H,2-3H2,1H3,(H,14,15). The number of nitro groups is 1. The van der Waals surface area contributed by atoms with Crippen LogP contribution in [-0.2, 0) is 4.79 Å². The summed E-state index contributed by atoms with van der Waals surface area (Å²) < 4.78 is 13.1. The summed E-state index contributed by atoms with van der Waals surface area (Å²) in [7, 11) is 0. The number of hydrogen-bond acceptors (Lipinski definition) is 4. The Morgan fingerprint density at radius 2 is 2.24 bits per heavy atom. The van der Waals surface area contributed by atoms with E-state index in [2.05, 4.69) is 5.32 Å². The first kappa shape index (κ1) is 12.9. The quantitative estimate of drug-likeness (QED) is 0.607. The van der Waals surface area contributed by atoms with Gasteiger partial charge in [0.25, 0.3) is 5.69 Å². The topological polar surface area (TPSA) is 92.5 Å². The molecule has 0 radical (unpaired) electrons. The molecule has 0 bridgehead atoms. The molecule has 0 fully saturated rings. The number of aryl methyl sites for hydroxylation is 1. The molecule has 7 heteroatoms. The molecule has 0 aromatic heterocycles. The van der Waals surface area contributed by atoms with E-state index in [-0.39, 0.29) is 24.2 Å². The van der Waals surface area contributed by atoms with Crippen LogP contribution in [0, 0.1) is 22.9 Å². The maximum Gasteiger partial charge on any atom is 0.305 e. The molecule has 17 heavy (non-hydrogen) atoms. The zero-order chi connectivity index (χ0) is 13.0. The predicted molar refractivity (Wildman–Crippen MR) is 58.5 cm³/mol. The van der Waals surface area contributed by atoms with Crippen molar-refractivity contribution in [1.29, 1.82) is 0 Å². The van der Waals surface area contributed by atoms with E-state index in [9.17, 15) is 19.3 Å². The maximum absolute atomic E-state index is 13.1. The minimum absolute atomic E-state index is 0.0429. The van der Waals surface area contributed by atoms with Gasteiger partial charge in [-0.1, -0.05) is 0 Å². The van der Waals surface area contributed by atoms with E-state index in [0.29, 0.717) is 0 Å². The van der Waals surface area contributed by atoms with Crippen molar-refractivity contribution in [2.24, 2.45) is 0 Å². The van der Waals surface area contributed by atoms with Crippen molar-refractivity contribution in [2.45, 2.75) is 13.3 Å². The monoisotopic (exact) mass is 242 g/mol. The average molecular weight is 242 g/mol. The fraction of sp³-hybridized carbons (Fsp3) is 0.300. The summed E-state index contributed by atoms with van der Waals surface area (Å²) in [6.45, 7) is 1.52. The number of carboxylic acids is 1. The molecular formula is C10H11FN2O4. The van der Waals surface area contributed by atoms with Gasteiger partial charge in [0.15, 0.2) is 0 Å². The number of nitrogens with one attached hydrogen (secondary N) is 1. The lowest BCUT2D eigenvalue weighted by molar-refractivity contribution is -0.384. The second-order valence-electron chi connectivity index (χ2n) is 3.45. The van der Waals surface area contributed by atoms with Gasteiger partial charge in [-0.15, -0.1) is 0 Å². The summed E-state index contributed by atoms with van der Waals surface area (Å²) in [6.07, 6.45) is -0.173. The molecule has 0 aliphatic heterocycles. The Kier molecular flexibility index (Phi) is 3.97. The van der Waals surface area contributed by atoms with Gasteiger partial charge < -0.3 is 10.4 Å². The van der Waals surface area contributed by atoms with Crippen molar-refractivity contribution in [3.63, 3.8) is 0 Å². The van der Waals surface area contributed by atoms with Gasteiger partial charge in [0.1, 0.15) is 11.5 Å². The van der Waals surface area contributed by atoms with Gasteiger partial charge in [0.2, 0.25) is 0 Å². The third-order valence-electron chi connectivity index (χ3n) is 2.13. The first-order valence-electron chi connectivity index (χ1n) is 4.82. The molecule has 0 saturated carbocycles. The van der Waals surface area contributed by atoms with Crippen molar-refractivity contribution in [1.82, 2.24) is 0 Å². The summed E-state index contributed by atoms with van der Waals surface area (Å²) >= 11 is 0. The first-order chi connectivity index (χ1) is 7.91. The number of nitro benzene ring substituents is 1. The van der Waals surface area contributed by atoms with Gasteiger partial charge in [-0.25, -0.2) is 4.39 Å². The fourth-order valence-corrected chi connectivity index (χ4v) is 1.27. The Balaban J connectivity index is 2.92. The number of carbonyl (C=O) groups is 1. The minimum Gasteiger partial charge on any atom is -0.481 e. The number of carboxylic acid groups (broad SMARTS) is 1. The molecule has 0 aliphatic rings. The highest BCUT2D eigenvalue weighted by atomic mass is 19.1. The van der Waals surface area contributed by atoms with Crippen LogP contribution in [0.5, 0.6) is 0 Å². The molecule has 0 atom stereocenters. The molecule has 1 aromatic carbocycles. The van der Waals surface area contributed by atoms with E-state index >= 15 is 0 Å². The average Bonchev–Trinajstić information content (AvgIpc) is 2.22. The number of nitrogens with zero attached hydrogens (tertiary/aromatic N) is 1. The van der Waals surface area contributed by atoms with Crippen LogP contribution in [0.3, 0.4) is 0 Å². The van der Waals surface area contributed by atoms with E-state index in [1.54, 1.807) is 0 Å². The Labute approximate surface area is 96.2 Å². The van der Waals surface area contributed by atoms with Crippen molar-refractivity contribution >= 4 is 17.3 Å². The van der Waals surface area contributed by atoms with Gasteiger partial charge in [0, 0.05) is 6.54 Å². The highest BCUT2D eigenvalue weighted by Gasteiger charge is 2.16. The lowest BCUT2D eigenvalue weighted by Crippen LogP contribution is -2.09. The van der Waals surface area contributed by atoms with Gasteiger partial charge in [-0.3, -0.25) is 14.9 Å². The second-order valence-corrected chi connectivity index (χ2v) is 3.45. The summed E-state index contributed by atoms with van der Waals surface area (Å²) in [5, 5.41) is 21.7. The van der Waals surface area contributed by atoms with E-state index in [1.165, 1.54) is 13.0 Å². The first-order valence-corrected chi connectivity index (χ1v) is 4.82. The third kappa shape index (κ3) is 3.40. The van der Waals surface area contributed by atoms with Crippen LogP contribution in [0.1, 0.15) is 12.0 Å². The van der Waals surface area contributed by atoms with Crippen LogP contribution in [0.15, 0.2) is 12.1 Å². The normalized spacial score (nSPS) is 10.0. The summed E-state index contributed by atoms with van der Waals surface area (Å²) in [4.78, 5) is 20.2. The van der Waals surface area contributed by atoms with Crippen LogP contribution in [-0.4, -0.2) is 22.5 Å². The van der Waals surface area contributed by atoms with Crippen LogP contribution >= 0.6 is 0 Å². The molecule has 6 nitrogen and oxygen atoms in total. The van der Waals surface area contributed by atoms with Crippen molar-refractivity contribution < 1.29 is 19.2 Å². The Morgan fingerprint density at radius 3 is 2.76 bits per heavy atom. The van der Waals surface area contributed by atoms with Gasteiger partial charge in [-0.05, 0) is 18.6 Å².